The molecule has 0 aliphatic carbocycles. The van der Waals surface area contributed by atoms with Crippen molar-refractivity contribution in [2.45, 2.75) is 11.8 Å². The first kappa shape index (κ1) is 14.3. The van der Waals surface area contributed by atoms with Crippen LogP contribution in [0.5, 0.6) is 0 Å². The third kappa shape index (κ3) is 3.26. The van der Waals surface area contributed by atoms with Crippen LogP contribution in [0.25, 0.3) is 0 Å². The molecule has 1 aromatic heterocycles. The number of hydrogen-bond donors (Lipinski definition) is 1. The van der Waals surface area contributed by atoms with Crippen LogP contribution in [0.1, 0.15) is 5.56 Å². The lowest BCUT2D eigenvalue weighted by atomic mass is 10.3. The molecule has 1 N–H and O–H groups in total. The average Bonchev–Trinajstić information content (AvgIpc) is 2.35. The molecule has 1 aromatic carbocycles. The molecular weight excluding hydrogens is 352 g/mol. The molecule has 1 heterocycles. The number of aryl methyl sites for hydroxylation is 1. The van der Waals surface area contributed by atoms with Crippen molar-refractivity contribution in [2.24, 2.45) is 0 Å². The summed E-state index contributed by atoms with van der Waals surface area (Å²) < 4.78 is 27.5. The fraction of sp³-hybridized carbons (Fsp3) is 0.0833. The number of rotatable bonds is 3. The van der Waals surface area contributed by atoms with Crippen molar-refractivity contribution in [3.8, 4) is 0 Å². The highest BCUT2D eigenvalue weighted by Gasteiger charge is 2.16. The summed E-state index contributed by atoms with van der Waals surface area (Å²) in [5.41, 5.74) is 1.25. The summed E-state index contributed by atoms with van der Waals surface area (Å²) in [5.74, 6) is 0. The lowest BCUT2D eigenvalue weighted by molar-refractivity contribution is 0.601. The Labute approximate surface area is 125 Å². The van der Waals surface area contributed by atoms with Gasteiger partial charge >= 0.3 is 0 Å². The number of sulfonamides is 1. The molecule has 7 heteroatoms. The number of halogens is 2. The molecule has 2 rings (SSSR count). The molecule has 0 atom stereocenters. The zero-order valence-electron chi connectivity index (χ0n) is 9.89. The van der Waals surface area contributed by atoms with Gasteiger partial charge in [-0.1, -0.05) is 11.6 Å². The molecule has 0 spiro atoms. The van der Waals surface area contributed by atoms with Crippen LogP contribution >= 0.6 is 27.5 Å². The van der Waals surface area contributed by atoms with E-state index in [0.29, 0.717) is 15.2 Å². The van der Waals surface area contributed by atoms with Crippen LogP contribution in [-0.2, 0) is 10.0 Å². The van der Waals surface area contributed by atoms with Crippen molar-refractivity contribution >= 4 is 43.2 Å². The topological polar surface area (TPSA) is 59.1 Å². The third-order valence-corrected chi connectivity index (χ3v) is 5.04. The maximum atomic E-state index is 12.2. The molecule has 0 saturated carbocycles. The number of nitrogens with one attached hydrogen (secondary N) is 1. The summed E-state index contributed by atoms with van der Waals surface area (Å²) in [6.45, 7) is 1.78. The number of pyridine rings is 1. The van der Waals surface area contributed by atoms with E-state index in [1.165, 1.54) is 24.4 Å². The van der Waals surface area contributed by atoms with E-state index in [1.54, 1.807) is 19.2 Å². The van der Waals surface area contributed by atoms with Gasteiger partial charge in [0.05, 0.1) is 15.6 Å². The first-order chi connectivity index (χ1) is 8.90. The molecule has 2 aromatic rings. The number of nitrogens with zero attached hydrogens (tertiary/aromatic N) is 1. The second kappa shape index (κ2) is 5.48. The molecule has 100 valence electrons. The Hall–Kier alpha value is -1.11. The Morgan fingerprint density at radius 3 is 2.68 bits per heavy atom. The molecule has 4 nitrogen and oxygen atoms in total. The quantitative estimate of drug-likeness (QED) is 0.908. The van der Waals surface area contributed by atoms with Gasteiger partial charge in [-0.2, -0.15) is 0 Å². The monoisotopic (exact) mass is 360 g/mol. The van der Waals surface area contributed by atoms with Crippen molar-refractivity contribution in [3.63, 3.8) is 0 Å². The number of hydrogen-bond acceptors (Lipinski definition) is 3. The van der Waals surface area contributed by atoms with Crippen molar-refractivity contribution in [1.29, 1.82) is 0 Å². The maximum Gasteiger partial charge on any atom is 0.261 e. The van der Waals surface area contributed by atoms with Crippen LogP contribution in [0.3, 0.4) is 0 Å². The number of aromatic nitrogens is 1. The summed E-state index contributed by atoms with van der Waals surface area (Å²) >= 11 is 9.05. The number of benzene rings is 1. The lowest BCUT2D eigenvalue weighted by Crippen LogP contribution is -2.13. The summed E-state index contributed by atoms with van der Waals surface area (Å²) in [6, 6.07) is 6.05. The molecule has 0 bridgehead atoms. The van der Waals surface area contributed by atoms with E-state index in [0.717, 1.165) is 5.56 Å². The standard InChI is InChI=1S/C12H10BrClN2O2S/c1-8-7-15-5-4-12(8)16-19(17,18)9-2-3-11(14)10(13)6-9/h2-7H,1H3,(H,15,16). The van der Waals surface area contributed by atoms with Gasteiger partial charge in [0.1, 0.15) is 0 Å². The van der Waals surface area contributed by atoms with Crippen molar-refractivity contribution in [3.05, 3.63) is 51.7 Å². The minimum Gasteiger partial charge on any atom is -0.279 e. The predicted octanol–water partition coefficient (Wildman–Crippen LogP) is 3.61. The molecule has 0 radical (unpaired) electrons. The number of anilines is 1. The summed E-state index contributed by atoms with van der Waals surface area (Å²) in [7, 11) is -3.64. The third-order valence-electron chi connectivity index (χ3n) is 2.47. The maximum absolute atomic E-state index is 12.2. The van der Waals surface area contributed by atoms with Crippen molar-refractivity contribution < 1.29 is 8.42 Å². The van der Waals surface area contributed by atoms with Gasteiger partial charge in [0.15, 0.2) is 0 Å². The van der Waals surface area contributed by atoms with Crippen LogP contribution in [0.4, 0.5) is 5.69 Å². The molecule has 0 aliphatic heterocycles. The molecule has 0 amide bonds. The van der Waals surface area contributed by atoms with Gasteiger partial charge in [0.25, 0.3) is 10.0 Å². The molecule has 0 unspecified atom stereocenters. The highest BCUT2D eigenvalue weighted by molar-refractivity contribution is 9.10. The van der Waals surface area contributed by atoms with Gasteiger partial charge in [0, 0.05) is 16.9 Å². The first-order valence-electron chi connectivity index (χ1n) is 5.28. The van der Waals surface area contributed by atoms with Crippen molar-refractivity contribution in [1.82, 2.24) is 4.98 Å². The van der Waals surface area contributed by atoms with Gasteiger partial charge in [-0.3, -0.25) is 9.71 Å². The highest BCUT2D eigenvalue weighted by atomic mass is 79.9. The summed E-state index contributed by atoms with van der Waals surface area (Å²) in [5, 5.41) is 0.457. The Balaban J connectivity index is 2.38. The predicted molar refractivity (Wildman–Crippen MR) is 78.9 cm³/mol. The van der Waals surface area contributed by atoms with Crippen molar-refractivity contribution in [2.75, 3.05) is 4.72 Å². The van der Waals surface area contributed by atoms with Gasteiger partial charge in [-0.25, -0.2) is 8.42 Å². The summed E-state index contributed by atoms with van der Waals surface area (Å²) in [4.78, 5) is 4.05. The van der Waals surface area contributed by atoms with Gasteiger partial charge in [-0.15, -0.1) is 0 Å². The summed E-state index contributed by atoms with van der Waals surface area (Å²) in [6.07, 6.45) is 3.12. The Morgan fingerprint density at radius 1 is 1.32 bits per heavy atom. The van der Waals surface area contributed by atoms with E-state index in [4.69, 9.17) is 11.6 Å². The van der Waals surface area contributed by atoms with E-state index >= 15 is 0 Å². The van der Waals surface area contributed by atoms with E-state index in [2.05, 4.69) is 25.6 Å². The van der Waals surface area contributed by atoms with E-state index in [-0.39, 0.29) is 4.90 Å². The van der Waals surface area contributed by atoms with Crippen LogP contribution in [0, 0.1) is 6.92 Å². The first-order valence-corrected chi connectivity index (χ1v) is 7.94. The molecule has 0 saturated heterocycles. The zero-order chi connectivity index (χ0) is 14.0. The average molecular weight is 362 g/mol. The second-order valence-electron chi connectivity index (χ2n) is 3.87. The van der Waals surface area contributed by atoms with E-state index in [9.17, 15) is 8.42 Å². The minimum atomic E-state index is -3.64. The lowest BCUT2D eigenvalue weighted by Gasteiger charge is -2.10. The zero-order valence-corrected chi connectivity index (χ0v) is 13.1. The fourth-order valence-electron chi connectivity index (χ4n) is 1.44. The minimum absolute atomic E-state index is 0.139. The van der Waals surface area contributed by atoms with Crippen LogP contribution in [0.2, 0.25) is 5.02 Å². The van der Waals surface area contributed by atoms with E-state index in [1.807, 2.05) is 0 Å². The fourth-order valence-corrected chi connectivity index (χ4v) is 3.24. The van der Waals surface area contributed by atoms with E-state index < -0.39 is 10.0 Å². The van der Waals surface area contributed by atoms with Crippen LogP contribution < -0.4 is 4.72 Å². The van der Waals surface area contributed by atoms with Gasteiger partial charge in [0.2, 0.25) is 0 Å². The molecule has 19 heavy (non-hydrogen) atoms. The second-order valence-corrected chi connectivity index (χ2v) is 6.82. The van der Waals surface area contributed by atoms with Gasteiger partial charge in [-0.05, 0) is 52.7 Å². The molecular formula is C12H10BrClN2O2S. The SMILES string of the molecule is Cc1cnccc1NS(=O)(=O)c1ccc(Cl)c(Br)c1. The smallest absolute Gasteiger partial charge is 0.261 e. The largest absolute Gasteiger partial charge is 0.279 e. The van der Waals surface area contributed by atoms with Crippen LogP contribution in [-0.4, -0.2) is 13.4 Å². The molecule has 0 fully saturated rings. The van der Waals surface area contributed by atoms with Gasteiger partial charge < -0.3 is 0 Å². The molecule has 0 aliphatic rings. The van der Waals surface area contributed by atoms with Crippen LogP contribution in [0.15, 0.2) is 46.0 Å². The Bertz CT molecular complexity index is 719. The Kier molecular flexibility index (Phi) is 4.13. The normalized spacial score (nSPS) is 11.3. The highest BCUT2D eigenvalue weighted by Crippen LogP contribution is 2.26. The Morgan fingerprint density at radius 2 is 2.05 bits per heavy atom.